The Morgan fingerprint density at radius 3 is 2.37 bits per heavy atom. The maximum atomic E-state index is 13.5. The van der Waals surface area contributed by atoms with Gasteiger partial charge in [0, 0.05) is 14.2 Å². The van der Waals surface area contributed by atoms with E-state index in [1.54, 1.807) is 17.4 Å². The van der Waals surface area contributed by atoms with Gasteiger partial charge in [-0.15, -0.1) is 11.3 Å². The molecular formula is C15H15Br2FS. The van der Waals surface area contributed by atoms with Crippen molar-refractivity contribution in [1.82, 2.24) is 0 Å². The van der Waals surface area contributed by atoms with Crippen molar-refractivity contribution < 1.29 is 4.39 Å². The first-order valence-corrected chi connectivity index (χ1v) is 8.50. The molecule has 1 aromatic heterocycles. The van der Waals surface area contributed by atoms with Crippen LogP contribution in [0.2, 0.25) is 0 Å². The molecule has 0 saturated heterocycles. The van der Waals surface area contributed by atoms with Gasteiger partial charge in [0.2, 0.25) is 0 Å². The van der Waals surface area contributed by atoms with Gasteiger partial charge in [0.25, 0.3) is 0 Å². The summed E-state index contributed by atoms with van der Waals surface area (Å²) in [5, 5.41) is 0. The van der Waals surface area contributed by atoms with Crippen LogP contribution in [0.1, 0.15) is 40.9 Å². The number of alkyl halides is 1. The molecule has 2 aromatic rings. The quantitative estimate of drug-likeness (QED) is 0.504. The summed E-state index contributed by atoms with van der Waals surface area (Å²) in [5.74, 6) is -0.221. The monoisotopic (exact) mass is 404 g/mol. The highest BCUT2D eigenvalue weighted by Gasteiger charge is 2.20. The highest BCUT2D eigenvalue weighted by molar-refractivity contribution is 9.10. The molecule has 0 aliphatic rings. The van der Waals surface area contributed by atoms with Crippen LogP contribution in [0.3, 0.4) is 0 Å². The minimum atomic E-state index is -0.221. The van der Waals surface area contributed by atoms with Crippen molar-refractivity contribution in [2.45, 2.75) is 31.0 Å². The minimum Gasteiger partial charge on any atom is -0.207 e. The zero-order chi connectivity index (χ0) is 14.2. The molecule has 102 valence electrons. The number of rotatable bonds is 2. The second-order valence-corrected chi connectivity index (χ2v) is 8.46. The molecular weight excluding hydrogens is 391 g/mol. The average molecular weight is 406 g/mol. The molecule has 0 bridgehead atoms. The number of hydrogen-bond donors (Lipinski definition) is 0. The van der Waals surface area contributed by atoms with Gasteiger partial charge >= 0.3 is 0 Å². The van der Waals surface area contributed by atoms with Gasteiger partial charge in [0.05, 0.1) is 4.83 Å². The Kier molecular flexibility index (Phi) is 4.53. The van der Waals surface area contributed by atoms with Crippen LogP contribution in [0, 0.1) is 5.82 Å². The van der Waals surface area contributed by atoms with E-state index in [1.165, 1.54) is 15.8 Å². The van der Waals surface area contributed by atoms with Gasteiger partial charge in [-0.2, -0.15) is 0 Å². The lowest BCUT2D eigenvalue weighted by molar-refractivity contribution is 0.604. The van der Waals surface area contributed by atoms with E-state index in [2.05, 4.69) is 64.8 Å². The molecule has 1 atom stereocenters. The molecule has 2 rings (SSSR count). The first kappa shape index (κ1) is 15.2. The standard InChI is InChI=1S/C15H15Br2FS/c1-15(2,3)13-5-4-12(19-13)14(17)9-6-10(16)8-11(18)7-9/h4-8,14H,1-3H3. The van der Waals surface area contributed by atoms with Crippen molar-refractivity contribution in [3.05, 3.63) is 55.9 Å². The smallest absolute Gasteiger partial charge is 0.124 e. The summed E-state index contributed by atoms with van der Waals surface area (Å²) in [6.07, 6.45) is 0. The fourth-order valence-corrected chi connectivity index (χ4v) is 4.03. The van der Waals surface area contributed by atoms with Gasteiger partial charge in [-0.25, -0.2) is 4.39 Å². The molecule has 1 heterocycles. The Morgan fingerprint density at radius 1 is 1.16 bits per heavy atom. The number of halogens is 3. The summed E-state index contributed by atoms with van der Waals surface area (Å²) in [6.45, 7) is 6.60. The Balaban J connectivity index is 2.33. The van der Waals surface area contributed by atoms with E-state index in [4.69, 9.17) is 0 Å². The second kappa shape index (κ2) is 5.66. The normalized spacial score (nSPS) is 13.6. The summed E-state index contributed by atoms with van der Waals surface area (Å²) in [4.78, 5) is 2.56. The predicted octanol–water partition coefficient (Wildman–Crippen LogP) is 6.43. The summed E-state index contributed by atoms with van der Waals surface area (Å²) in [5.41, 5.74) is 1.08. The van der Waals surface area contributed by atoms with Gasteiger partial charge < -0.3 is 0 Å². The lowest BCUT2D eigenvalue weighted by Gasteiger charge is -2.15. The highest BCUT2D eigenvalue weighted by atomic mass is 79.9. The summed E-state index contributed by atoms with van der Waals surface area (Å²) >= 11 is 8.77. The van der Waals surface area contributed by atoms with Crippen molar-refractivity contribution in [3.63, 3.8) is 0 Å². The average Bonchev–Trinajstić information content (AvgIpc) is 2.75. The van der Waals surface area contributed by atoms with Crippen molar-refractivity contribution in [2.24, 2.45) is 0 Å². The van der Waals surface area contributed by atoms with Crippen molar-refractivity contribution in [3.8, 4) is 0 Å². The van der Waals surface area contributed by atoms with Gasteiger partial charge in [-0.1, -0.05) is 52.6 Å². The molecule has 0 aliphatic heterocycles. The van der Waals surface area contributed by atoms with Crippen molar-refractivity contribution in [1.29, 1.82) is 0 Å². The van der Waals surface area contributed by atoms with Crippen LogP contribution in [-0.4, -0.2) is 0 Å². The van der Waals surface area contributed by atoms with E-state index in [9.17, 15) is 4.39 Å². The molecule has 1 unspecified atom stereocenters. The highest BCUT2D eigenvalue weighted by Crippen LogP contribution is 2.39. The zero-order valence-corrected chi connectivity index (χ0v) is 15.0. The van der Waals surface area contributed by atoms with E-state index < -0.39 is 0 Å². The van der Waals surface area contributed by atoms with Crippen LogP contribution in [0.25, 0.3) is 0 Å². The molecule has 0 fully saturated rings. The number of hydrogen-bond acceptors (Lipinski definition) is 1. The lowest BCUT2D eigenvalue weighted by Crippen LogP contribution is -2.07. The Morgan fingerprint density at radius 2 is 1.84 bits per heavy atom. The van der Waals surface area contributed by atoms with Crippen molar-refractivity contribution in [2.75, 3.05) is 0 Å². The second-order valence-electron chi connectivity index (χ2n) is 5.52. The maximum Gasteiger partial charge on any atom is 0.124 e. The fourth-order valence-electron chi connectivity index (χ4n) is 1.78. The molecule has 4 heteroatoms. The fraction of sp³-hybridized carbons (Fsp3) is 0.333. The van der Waals surface area contributed by atoms with E-state index in [0.717, 1.165) is 10.0 Å². The molecule has 0 radical (unpaired) electrons. The molecule has 19 heavy (non-hydrogen) atoms. The number of benzene rings is 1. The minimum absolute atomic E-state index is 0.0283. The predicted molar refractivity (Wildman–Crippen MR) is 87.9 cm³/mol. The molecule has 0 amide bonds. The molecule has 0 nitrogen and oxygen atoms in total. The SMILES string of the molecule is CC(C)(C)c1ccc(C(Br)c2cc(F)cc(Br)c2)s1. The first-order valence-electron chi connectivity index (χ1n) is 5.97. The van der Waals surface area contributed by atoms with Crippen LogP contribution in [0.5, 0.6) is 0 Å². The van der Waals surface area contributed by atoms with E-state index in [1.807, 2.05) is 6.07 Å². The van der Waals surface area contributed by atoms with E-state index in [0.29, 0.717) is 0 Å². The van der Waals surface area contributed by atoms with Crippen molar-refractivity contribution >= 4 is 43.2 Å². The third kappa shape index (κ3) is 3.67. The molecule has 1 aromatic carbocycles. The van der Waals surface area contributed by atoms with Gasteiger partial charge in [-0.3, -0.25) is 0 Å². The van der Waals surface area contributed by atoms with E-state index >= 15 is 0 Å². The Bertz CT molecular complexity index is 564. The summed E-state index contributed by atoms with van der Waals surface area (Å²) in [6, 6.07) is 9.25. The van der Waals surface area contributed by atoms with Crippen LogP contribution >= 0.6 is 43.2 Å². The lowest BCUT2D eigenvalue weighted by atomic mass is 9.95. The summed E-state index contributed by atoms with van der Waals surface area (Å²) in [7, 11) is 0. The summed E-state index contributed by atoms with van der Waals surface area (Å²) < 4.78 is 14.2. The number of thiophene rings is 1. The third-order valence-electron chi connectivity index (χ3n) is 2.79. The zero-order valence-electron chi connectivity index (χ0n) is 11.0. The molecule has 0 saturated carbocycles. The molecule has 0 N–H and O–H groups in total. The van der Waals surface area contributed by atoms with Crippen LogP contribution in [0.4, 0.5) is 4.39 Å². The van der Waals surface area contributed by atoms with Crippen LogP contribution < -0.4 is 0 Å². The van der Waals surface area contributed by atoms with Gasteiger partial charge in [-0.05, 0) is 41.3 Å². The largest absolute Gasteiger partial charge is 0.207 e. The van der Waals surface area contributed by atoms with Gasteiger partial charge in [0.15, 0.2) is 0 Å². The first-order chi connectivity index (χ1) is 8.77. The van der Waals surface area contributed by atoms with Gasteiger partial charge in [0.1, 0.15) is 5.82 Å². The van der Waals surface area contributed by atoms with E-state index in [-0.39, 0.29) is 16.1 Å². The molecule has 0 spiro atoms. The third-order valence-corrected chi connectivity index (χ3v) is 6.15. The molecule has 0 aliphatic carbocycles. The van der Waals surface area contributed by atoms with Crippen LogP contribution in [0.15, 0.2) is 34.8 Å². The Hall–Kier alpha value is -0.190. The topological polar surface area (TPSA) is 0 Å². The maximum absolute atomic E-state index is 13.5. The van der Waals surface area contributed by atoms with Crippen LogP contribution in [-0.2, 0) is 5.41 Å². The Labute approximate surface area is 134 Å².